The lowest BCUT2D eigenvalue weighted by Gasteiger charge is -2.30. The maximum absolute atomic E-state index is 6.08. The van der Waals surface area contributed by atoms with Crippen molar-refractivity contribution in [1.29, 1.82) is 0 Å². The molecule has 1 aliphatic heterocycles. The van der Waals surface area contributed by atoms with E-state index in [9.17, 15) is 0 Å². The lowest BCUT2D eigenvalue weighted by atomic mass is 10.0. The molecule has 0 aromatic heterocycles. The molecule has 0 aliphatic carbocycles. The highest BCUT2D eigenvalue weighted by Crippen LogP contribution is 2.34. The molecule has 2 N–H and O–H groups in total. The monoisotopic (exact) mass is 356 g/mol. The summed E-state index contributed by atoms with van der Waals surface area (Å²) in [6, 6.07) is 6.97. The molecule has 4 heteroatoms. The van der Waals surface area contributed by atoms with Crippen molar-refractivity contribution in [3.63, 3.8) is 0 Å². The molecule has 1 fully saturated rings. The van der Waals surface area contributed by atoms with Crippen LogP contribution in [0.5, 0.6) is 0 Å². The number of nitrogens with two attached hydrogens (primary N) is 1. The van der Waals surface area contributed by atoms with Crippen LogP contribution in [-0.2, 0) is 0 Å². The summed E-state index contributed by atoms with van der Waals surface area (Å²) < 4.78 is 1.57. The van der Waals surface area contributed by atoms with E-state index in [1.165, 1.54) is 27.8 Å². The average molecular weight is 357 g/mol. The van der Waals surface area contributed by atoms with Gasteiger partial charge in [0.05, 0.1) is 0 Å². The van der Waals surface area contributed by atoms with E-state index >= 15 is 0 Å². The van der Waals surface area contributed by atoms with E-state index in [-0.39, 0.29) is 0 Å². The molecule has 0 spiro atoms. The Labute approximate surface area is 135 Å². The molecule has 1 aromatic rings. The van der Waals surface area contributed by atoms with Crippen molar-refractivity contribution in [1.82, 2.24) is 4.90 Å². The molecule has 2 nitrogen and oxygen atoms in total. The van der Waals surface area contributed by atoms with Gasteiger partial charge in [-0.2, -0.15) is 11.8 Å². The van der Waals surface area contributed by atoms with Gasteiger partial charge in [-0.15, -0.1) is 0 Å². The van der Waals surface area contributed by atoms with Gasteiger partial charge in [-0.25, -0.2) is 0 Å². The Morgan fingerprint density at radius 1 is 1.40 bits per heavy atom. The summed E-state index contributed by atoms with van der Waals surface area (Å²) in [7, 11) is 0. The van der Waals surface area contributed by atoms with E-state index in [2.05, 4.69) is 71.6 Å². The SMILES string of the molecule is Cc1ccc(C(CN)N2CCSC(C)(C)CC2)cc1Br. The highest BCUT2D eigenvalue weighted by atomic mass is 79.9. The zero-order chi connectivity index (χ0) is 14.8. The van der Waals surface area contributed by atoms with Crippen LogP contribution in [0.25, 0.3) is 0 Å². The Hall–Kier alpha value is -0.0300. The largest absolute Gasteiger partial charge is 0.329 e. The van der Waals surface area contributed by atoms with Crippen molar-refractivity contribution in [2.45, 2.75) is 38.0 Å². The quantitative estimate of drug-likeness (QED) is 0.887. The first-order valence-corrected chi connectivity index (χ1v) is 9.05. The van der Waals surface area contributed by atoms with E-state index in [4.69, 9.17) is 5.73 Å². The van der Waals surface area contributed by atoms with Crippen LogP contribution in [0.3, 0.4) is 0 Å². The van der Waals surface area contributed by atoms with Crippen LogP contribution in [0.2, 0.25) is 0 Å². The third kappa shape index (κ3) is 4.00. The Morgan fingerprint density at radius 3 is 2.80 bits per heavy atom. The van der Waals surface area contributed by atoms with Crippen molar-refractivity contribution in [2.24, 2.45) is 5.73 Å². The molecule has 1 heterocycles. The number of hydrogen-bond donors (Lipinski definition) is 1. The molecule has 2 rings (SSSR count). The molecule has 1 aliphatic rings. The van der Waals surface area contributed by atoms with Crippen LogP contribution in [0.15, 0.2) is 22.7 Å². The molecule has 20 heavy (non-hydrogen) atoms. The molecule has 0 bridgehead atoms. The Kier molecular flexibility index (Phi) is 5.57. The average Bonchev–Trinajstić information content (AvgIpc) is 2.56. The van der Waals surface area contributed by atoms with Gasteiger partial charge in [0.15, 0.2) is 0 Å². The summed E-state index contributed by atoms with van der Waals surface area (Å²) in [6.07, 6.45) is 1.22. The van der Waals surface area contributed by atoms with Crippen LogP contribution < -0.4 is 5.73 Å². The third-order valence-corrected chi connectivity index (χ3v) is 6.34. The first-order valence-electron chi connectivity index (χ1n) is 7.27. The molecule has 1 atom stereocenters. The predicted molar refractivity (Wildman–Crippen MR) is 93.4 cm³/mol. The lowest BCUT2D eigenvalue weighted by molar-refractivity contribution is 0.211. The number of hydrogen-bond acceptors (Lipinski definition) is 3. The van der Waals surface area contributed by atoms with E-state index in [1.807, 2.05) is 0 Å². The molecule has 1 aromatic carbocycles. The van der Waals surface area contributed by atoms with Gasteiger partial charge in [0.1, 0.15) is 0 Å². The summed E-state index contributed by atoms with van der Waals surface area (Å²) >= 11 is 5.72. The van der Waals surface area contributed by atoms with Gasteiger partial charge in [0, 0.05) is 40.6 Å². The van der Waals surface area contributed by atoms with Crippen LogP contribution in [0.1, 0.15) is 37.4 Å². The van der Waals surface area contributed by atoms with Gasteiger partial charge < -0.3 is 5.73 Å². The fourth-order valence-corrected chi connectivity index (χ4v) is 4.17. The van der Waals surface area contributed by atoms with Gasteiger partial charge in [-0.3, -0.25) is 4.90 Å². The Bertz CT molecular complexity index is 462. The summed E-state index contributed by atoms with van der Waals surface area (Å²) in [5.41, 5.74) is 8.68. The van der Waals surface area contributed by atoms with E-state index in [0.717, 1.165) is 13.1 Å². The second-order valence-electron chi connectivity index (χ2n) is 6.15. The van der Waals surface area contributed by atoms with Gasteiger partial charge in [-0.05, 0) is 30.5 Å². The van der Waals surface area contributed by atoms with Gasteiger partial charge in [-0.1, -0.05) is 41.9 Å². The number of aryl methyl sites for hydroxylation is 1. The molecule has 0 amide bonds. The summed E-state index contributed by atoms with van der Waals surface area (Å²) in [6.45, 7) is 9.76. The number of thioether (sulfide) groups is 1. The summed E-state index contributed by atoms with van der Waals surface area (Å²) in [5, 5.41) is 0. The van der Waals surface area contributed by atoms with Crippen LogP contribution in [0.4, 0.5) is 0 Å². The van der Waals surface area contributed by atoms with Crippen LogP contribution in [-0.4, -0.2) is 35.0 Å². The third-order valence-electron chi connectivity index (χ3n) is 4.12. The minimum Gasteiger partial charge on any atom is -0.329 e. The van der Waals surface area contributed by atoms with Crippen molar-refractivity contribution >= 4 is 27.7 Å². The zero-order valence-electron chi connectivity index (χ0n) is 12.7. The molecule has 112 valence electrons. The highest BCUT2D eigenvalue weighted by Gasteiger charge is 2.27. The van der Waals surface area contributed by atoms with Crippen molar-refractivity contribution in [2.75, 3.05) is 25.4 Å². The van der Waals surface area contributed by atoms with Gasteiger partial charge in [0.25, 0.3) is 0 Å². The second-order valence-corrected chi connectivity index (χ2v) is 8.81. The molecule has 1 saturated heterocycles. The normalized spacial score (nSPS) is 21.4. The van der Waals surface area contributed by atoms with E-state index in [0.29, 0.717) is 17.3 Å². The number of rotatable bonds is 3. The number of nitrogens with zero attached hydrogens (tertiary/aromatic N) is 1. The molecular weight excluding hydrogens is 332 g/mol. The number of benzene rings is 1. The smallest absolute Gasteiger partial charge is 0.0471 e. The first-order chi connectivity index (χ1) is 9.43. The minimum absolute atomic E-state index is 0.335. The van der Waals surface area contributed by atoms with Gasteiger partial charge in [0.2, 0.25) is 0 Å². The molecular formula is C16H25BrN2S. The summed E-state index contributed by atoms with van der Waals surface area (Å²) in [5.74, 6) is 1.19. The highest BCUT2D eigenvalue weighted by molar-refractivity contribution is 9.10. The Morgan fingerprint density at radius 2 is 2.15 bits per heavy atom. The van der Waals surface area contributed by atoms with E-state index in [1.54, 1.807) is 0 Å². The standard InChI is InChI=1S/C16H25BrN2S/c1-12-4-5-13(10-14(12)17)15(11-18)19-7-6-16(2,3)20-9-8-19/h4-5,10,15H,6-9,11,18H2,1-3H3. The molecule has 1 unspecified atom stereocenters. The Balaban J connectivity index is 2.17. The van der Waals surface area contributed by atoms with Crippen molar-refractivity contribution < 1.29 is 0 Å². The fourth-order valence-electron chi connectivity index (χ4n) is 2.66. The molecule has 0 saturated carbocycles. The predicted octanol–water partition coefficient (Wildman–Crippen LogP) is 3.97. The number of halogens is 1. The maximum Gasteiger partial charge on any atom is 0.0471 e. The minimum atomic E-state index is 0.335. The van der Waals surface area contributed by atoms with Gasteiger partial charge >= 0.3 is 0 Å². The molecule has 0 radical (unpaired) electrons. The first kappa shape index (κ1) is 16.3. The lowest BCUT2D eigenvalue weighted by Crippen LogP contribution is -2.36. The van der Waals surface area contributed by atoms with Crippen LogP contribution >= 0.6 is 27.7 Å². The van der Waals surface area contributed by atoms with E-state index < -0.39 is 0 Å². The second kappa shape index (κ2) is 6.82. The summed E-state index contributed by atoms with van der Waals surface area (Å²) in [4.78, 5) is 2.55. The maximum atomic E-state index is 6.08. The zero-order valence-corrected chi connectivity index (χ0v) is 15.1. The fraction of sp³-hybridized carbons (Fsp3) is 0.625. The van der Waals surface area contributed by atoms with Crippen molar-refractivity contribution in [3.05, 3.63) is 33.8 Å². The van der Waals surface area contributed by atoms with Crippen LogP contribution in [0, 0.1) is 6.92 Å². The topological polar surface area (TPSA) is 29.3 Å². The van der Waals surface area contributed by atoms with Crippen molar-refractivity contribution in [3.8, 4) is 0 Å².